The zero-order valence-electron chi connectivity index (χ0n) is 17.1. The molecule has 0 radical (unpaired) electrons. The van der Waals surface area contributed by atoms with E-state index in [9.17, 15) is 0 Å². The molecule has 0 unspecified atom stereocenters. The first-order chi connectivity index (χ1) is 11.8. The quantitative estimate of drug-likeness (QED) is 0.394. The number of nitrogens with zero attached hydrogens (tertiary/aromatic N) is 5. The Kier molecular flexibility index (Phi) is 19.9. The van der Waals surface area contributed by atoms with Gasteiger partial charge in [-0.05, 0) is 59.7 Å². The number of aromatic nitrogens is 6. The largest absolute Gasteiger partial charge is 1.00 e. The van der Waals surface area contributed by atoms with E-state index in [0.29, 0.717) is 6.67 Å². The molecule has 0 aliphatic rings. The Morgan fingerprint density at radius 2 is 1.21 bits per heavy atom. The molecule has 0 aromatic carbocycles. The Labute approximate surface area is 228 Å². The number of nitrogens with one attached hydrogen (secondary N) is 1. The third kappa shape index (κ3) is 12.0. The average molecular weight is 546 g/mol. The number of halogens is 2. The second kappa shape index (κ2) is 16.9. The van der Waals surface area contributed by atoms with Gasteiger partial charge in [0.15, 0.2) is 0 Å². The molecule has 3 aromatic rings. The van der Waals surface area contributed by atoms with Crippen molar-refractivity contribution in [2.75, 3.05) is 4.24 Å². The molecule has 0 bridgehead atoms. The molecule has 0 aliphatic carbocycles. The molecule has 3 rings (SSSR count). The van der Waals surface area contributed by atoms with Gasteiger partial charge in [0.1, 0.15) is 6.67 Å². The minimum atomic E-state index is 0. The minimum absolute atomic E-state index is 0. The summed E-state index contributed by atoms with van der Waals surface area (Å²) in [6.45, 7) is 12.8. The van der Waals surface area contributed by atoms with Crippen LogP contribution in [-0.4, -0.2) is 39.5 Å². The number of aryl methyl sites for hydroxylation is 6. The van der Waals surface area contributed by atoms with Crippen molar-refractivity contribution >= 4 is 31.9 Å². The van der Waals surface area contributed by atoms with Crippen LogP contribution in [0.4, 0.5) is 0 Å². The molecule has 0 aliphatic heterocycles. The van der Waals surface area contributed by atoms with Crippen LogP contribution in [0.1, 0.15) is 41.6 Å². The fourth-order valence-electron chi connectivity index (χ4n) is 2.32. The molecule has 0 saturated heterocycles. The van der Waals surface area contributed by atoms with E-state index in [1.807, 2.05) is 43.1 Å². The van der Waals surface area contributed by atoms with Crippen LogP contribution >= 0.6 is 31.9 Å². The Morgan fingerprint density at radius 3 is 1.39 bits per heavy atom. The summed E-state index contributed by atoms with van der Waals surface area (Å²) in [4.78, 5) is 0. The van der Waals surface area contributed by atoms with Gasteiger partial charge in [0.2, 0.25) is 0 Å². The number of hydrogen-bond acceptors (Lipinski definition) is 4. The summed E-state index contributed by atoms with van der Waals surface area (Å²) < 4.78 is 4.81. The molecular weight excluding hydrogens is 515 g/mol. The molecular formula is C18H31Br2KN6O. The van der Waals surface area contributed by atoms with Crippen molar-refractivity contribution < 1.29 is 56.9 Å². The summed E-state index contributed by atoms with van der Waals surface area (Å²) in [7, 11) is 0. The van der Waals surface area contributed by atoms with Gasteiger partial charge in [-0.1, -0.05) is 39.3 Å². The molecule has 0 amide bonds. The van der Waals surface area contributed by atoms with Crippen LogP contribution in [0.3, 0.4) is 0 Å². The van der Waals surface area contributed by atoms with Crippen molar-refractivity contribution in [3.8, 4) is 0 Å². The summed E-state index contributed by atoms with van der Waals surface area (Å²) in [5.74, 6) is 0. The van der Waals surface area contributed by atoms with Gasteiger partial charge in [0.05, 0.1) is 21.3 Å². The Hall–Kier alpha value is 0.186. The Bertz CT molecular complexity index is 724. The van der Waals surface area contributed by atoms with E-state index in [-0.39, 0.29) is 64.3 Å². The predicted octanol–water partition coefficient (Wildman–Crippen LogP) is 2.04. The normalized spacial score (nSPS) is 8.86. The minimum Gasteiger partial charge on any atom is -0.870 e. The number of alkyl halides is 2. The summed E-state index contributed by atoms with van der Waals surface area (Å²) >= 11 is 6.12. The summed E-state index contributed by atoms with van der Waals surface area (Å²) in [5.41, 5.74) is 6.61. The van der Waals surface area contributed by atoms with Crippen molar-refractivity contribution in [1.82, 2.24) is 29.8 Å². The number of hydrogen-bond donors (Lipinski definition) is 1. The van der Waals surface area contributed by atoms with Crippen LogP contribution in [0, 0.1) is 41.5 Å². The third-order valence-corrected chi connectivity index (χ3v) is 3.31. The van der Waals surface area contributed by atoms with Crippen LogP contribution < -0.4 is 51.4 Å². The summed E-state index contributed by atoms with van der Waals surface area (Å²) in [6, 6.07) is 6.15. The Morgan fingerprint density at radius 1 is 0.821 bits per heavy atom. The molecule has 3 aromatic heterocycles. The van der Waals surface area contributed by atoms with Crippen molar-refractivity contribution in [1.29, 1.82) is 0 Å². The van der Waals surface area contributed by atoms with Crippen LogP contribution in [0.15, 0.2) is 18.2 Å². The maximum absolute atomic E-state index is 4.41. The summed E-state index contributed by atoms with van der Waals surface area (Å²) in [5, 5.41) is 15.5. The first kappa shape index (κ1) is 32.8. The van der Waals surface area contributed by atoms with Crippen molar-refractivity contribution in [2.45, 2.75) is 55.6 Å². The van der Waals surface area contributed by atoms with Crippen molar-refractivity contribution in [2.24, 2.45) is 0 Å². The van der Waals surface area contributed by atoms with Crippen LogP contribution in [-0.2, 0) is 6.67 Å². The fourth-order valence-corrected chi connectivity index (χ4v) is 2.32. The Balaban J connectivity index is -0.000000411. The fraction of sp³-hybridized carbons (Fsp3) is 0.500. The van der Waals surface area contributed by atoms with Gasteiger partial charge in [-0.15, -0.1) is 0 Å². The van der Waals surface area contributed by atoms with E-state index in [1.165, 1.54) is 11.4 Å². The zero-order chi connectivity index (χ0) is 19.0. The second-order valence-corrected chi connectivity index (χ2v) is 8.41. The average Bonchev–Trinajstić information content (AvgIpc) is 3.13. The van der Waals surface area contributed by atoms with E-state index in [0.717, 1.165) is 27.0 Å². The van der Waals surface area contributed by atoms with E-state index in [4.69, 9.17) is 0 Å². The molecule has 0 saturated carbocycles. The molecule has 154 valence electrons. The SMILES string of the molecule is BrCBr.C.Cc1cc(C)[nH]n1.Cc1cc(C)n(Cn2nc(C)cc2C)n1.[K+].[OH-]. The van der Waals surface area contributed by atoms with E-state index in [1.54, 1.807) is 0 Å². The molecule has 7 nitrogen and oxygen atoms in total. The van der Waals surface area contributed by atoms with Gasteiger partial charge >= 0.3 is 51.4 Å². The van der Waals surface area contributed by atoms with Crippen LogP contribution in [0.5, 0.6) is 0 Å². The first-order valence-electron chi connectivity index (χ1n) is 7.89. The van der Waals surface area contributed by atoms with E-state index < -0.39 is 0 Å². The van der Waals surface area contributed by atoms with E-state index in [2.05, 4.69) is 78.2 Å². The zero-order valence-corrected chi connectivity index (χ0v) is 23.4. The third-order valence-electron chi connectivity index (χ3n) is 3.31. The van der Waals surface area contributed by atoms with Gasteiger partial charge in [-0.2, -0.15) is 15.3 Å². The van der Waals surface area contributed by atoms with Gasteiger partial charge < -0.3 is 5.48 Å². The topological polar surface area (TPSA) is 94.3 Å². The van der Waals surface area contributed by atoms with Gasteiger partial charge in [-0.25, -0.2) is 9.36 Å². The summed E-state index contributed by atoms with van der Waals surface area (Å²) in [6.07, 6.45) is 0. The molecule has 10 heteroatoms. The number of rotatable bonds is 2. The van der Waals surface area contributed by atoms with Crippen molar-refractivity contribution in [3.63, 3.8) is 0 Å². The van der Waals surface area contributed by atoms with Crippen molar-refractivity contribution in [3.05, 3.63) is 52.4 Å². The van der Waals surface area contributed by atoms with E-state index >= 15 is 0 Å². The predicted molar refractivity (Wildman–Crippen MR) is 118 cm³/mol. The van der Waals surface area contributed by atoms with Gasteiger partial charge in [0, 0.05) is 17.1 Å². The number of aromatic amines is 1. The standard InChI is InChI=1S/C11H16N4.C5H8N2.CH2Br2.CH4.K.H2O/c1-8-5-10(3)14(12-8)7-15-11(4)6-9(2)13-15;1-4-3-5(2)7-6-4;2-1-3;;;/h5-6H,7H2,1-4H3;3H,1-2H3,(H,6,7);1H2;1H4;;1H2/q;;;;+1;/p-1. The smallest absolute Gasteiger partial charge is 0.870 e. The molecule has 3 heterocycles. The molecule has 0 atom stereocenters. The number of H-pyrrole nitrogens is 1. The molecule has 0 spiro atoms. The van der Waals surface area contributed by atoms with Gasteiger partial charge in [0.25, 0.3) is 0 Å². The molecule has 28 heavy (non-hydrogen) atoms. The molecule has 2 N–H and O–H groups in total. The van der Waals surface area contributed by atoms with Crippen LogP contribution in [0.2, 0.25) is 0 Å². The second-order valence-electron chi connectivity index (χ2n) is 5.79. The maximum atomic E-state index is 4.41. The van der Waals surface area contributed by atoms with Crippen LogP contribution in [0.25, 0.3) is 0 Å². The van der Waals surface area contributed by atoms with Gasteiger partial charge in [-0.3, -0.25) is 5.10 Å². The monoisotopic (exact) mass is 544 g/mol. The first-order valence-corrected chi connectivity index (χ1v) is 10.1. The molecule has 0 fully saturated rings. The maximum Gasteiger partial charge on any atom is 1.00 e.